The van der Waals surface area contributed by atoms with E-state index in [1.165, 1.54) is 16.9 Å². The Bertz CT molecular complexity index is 608. The smallest absolute Gasteiger partial charge is 0.233 e. The molecule has 0 aliphatic heterocycles. The van der Waals surface area contributed by atoms with Crippen molar-refractivity contribution in [1.29, 1.82) is 0 Å². The van der Waals surface area contributed by atoms with Gasteiger partial charge in [-0.05, 0) is 37.3 Å². The fourth-order valence-corrected chi connectivity index (χ4v) is 3.16. The molecule has 0 fully saturated rings. The Morgan fingerprint density at radius 3 is 3.00 bits per heavy atom. The van der Waals surface area contributed by atoms with Gasteiger partial charge in [0.15, 0.2) is 0 Å². The van der Waals surface area contributed by atoms with Gasteiger partial charge in [-0.3, -0.25) is 10.1 Å². The van der Waals surface area contributed by atoms with E-state index in [9.17, 15) is 4.79 Å². The fourth-order valence-electron chi connectivity index (χ4n) is 2.57. The zero-order valence-corrected chi connectivity index (χ0v) is 11.5. The van der Waals surface area contributed by atoms with Gasteiger partial charge in [0.25, 0.3) is 0 Å². The first-order chi connectivity index (χ1) is 9.24. The molecule has 4 nitrogen and oxygen atoms in total. The van der Waals surface area contributed by atoms with Gasteiger partial charge >= 0.3 is 0 Å². The normalized spacial score (nSPS) is 17.8. The monoisotopic (exact) mass is 273 g/mol. The second kappa shape index (κ2) is 5.09. The number of aryl methyl sites for hydroxylation is 2. The lowest BCUT2D eigenvalue weighted by atomic mass is 9.82. The Kier molecular flexibility index (Phi) is 3.29. The highest BCUT2D eigenvalue weighted by Gasteiger charge is 2.26. The van der Waals surface area contributed by atoms with E-state index in [1.807, 2.05) is 19.1 Å². The molecule has 0 saturated carbocycles. The Morgan fingerprint density at radius 2 is 2.21 bits per heavy atom. The van der Waals surface area contributed by atoms with Gasteiger partial charge in [0.1, 0.15) is 5.01 Å². The van der Waals surface area contributed by atoms with E-state index >= 15 is 0 Å². The van der Waals surface area contributed by atoms with Crippen LogP contribution in [0.2, 0.25) is 0 Å². The van der Waals surface area contributed by atoms with Crippen molar-refractivity contribution in [3.63, 3.8) is 0 Å². The summed E-state index contributed by atoms with van der Waals surface area (Å²) in [6, 6.07) is 8.21. The summed E-state index contributed by atoms with van der Waals surface area (Å²) >= 11 is 1.41. The zero-order valence-electron chi connectivity index (χ0n) is 10.7. The molecule has 1 heterocycles. The van der Waals surface area contributed by atoms with E-state index in [1.54, 1.807) is 0 Å². The molecular weight excluding hydrogens is 258 g/mol. The van der Waals surface area contributed by atoms with Crippen LogP contribution in [0.15, 0.2) is 24.3 Å². The molecule has 1 N–H and O–H groups in total. The Balaban J connectivity index is 1.81. The molecule has 1 aliphatic carbocycles. The van der Waals surface area contributed by atoms with Crippen LogP contribution in [-0.2, 0) is 11.2 Å². The molecular formula is C14H15N3OS. The Hall–Kier alpha value is -1.75. The number of nitrogens with one attached hydrogen (secondary N) is 1. The number of fused-ring (bicyclic) bond motifs is 1. The van der Waals surface area contributed by atoms with Gasteiger partial charge < -0.3 is 0 Å². The highest BCUT2D eigenvalue weighted by molar-refractivity contribution is 7.15. The largest absolute Gasteiger partial charge is 0.300 e. The van der Waals surface area contributed by atoms with Gasteiger partial charge in [-0.2, -0.15) is 0 Å². The first-order valence-corrected chi connectivity index (χ1v) is 7.24. The maximum absolute atomic E-state index is 12.4. The number of rotatable bonds is 2. The van der Waals surface area contributed by atoms with Crippen molar-refractivity contribution in [3.8, 4) is 0 Å². The average Bonchev–Trinajstić information content (AvgIpc) is 2.83. The molecule has 1 amide bonds. The van der Waals surface area contributed by atoms with Crippen molar-refractivity contribution < 1.29 is 4.79 Å². The summed E-state index contributed by atoms with van der Waals surface area (Å²) < 4.78 is 0. The van der Waals surface area contributed by atoms with Crippen molar-refractivity contribution in [2.24, 2.45) is 0 Å². The van der Waals surface area contributed by atoms with Crippen LogP contribution in [0.4, 0.5) is 5.13 Å². The third kappa shape index (κ3) is 2.51. The van der Waals surface area contributed by atoms with E-state index in [0.717, 1.165) is 29.8 Å². The molecule has 19 heavy (non-hydrogen) atoms. The van der Waals surface area contributed by atoms with E-state index in [2.05, 4.69) is 27.6 Å². The molecule has 3 rings (SSSR count). The average molecular weight is 273 g/mol. The molecule has 0 spiro atoms. The van der Waals surface area contributed by atoms with Crippen LogP contribution >= 0.6 is 11.3 Å². The first kappa shape index (κ1) is 12.3. The van der Waals surface area contributed by atoms with Crippen molar-refractivity contribution >= 4 is 22.4 Å². The number of hydrogen-bond donors (Lipinski definition) is 1. The lowest BCUT2D eigenvalue weighted by Gasteiger charge is -2.24. The van der Waals surface area contributed by atoms with Crippen molar-refractivity contribution in [3.05, 3.63) is 40.4 Å². The quantitative estimate of drug-likeness (QED) is 0.915. The summed E-state index contributed by atoms with van der Waals surface area (Å²) in [5.41, 5.74) is 2.45. The topological polar surface area (TPSA) is 54.9 Å². The SMILES string of the molecule is Cc1nnc(NC(=O)[C@@H]2CCCc3ccccc32)s1. The van der Waals surface area contributed by atoms with Gasteiger partial charge in [-0.15, -0.1) is 10.2 Å². The summed E-state index contributed by atoms with van der Waals surface area (Å²) in [4.78, 5) is 12.4. The standard InChI is InChI=1S/C14H15N3OS/c1-9-16-17-14(19-9)15-13(18)12-8-4-6-10-5-2-3-7-11(10)12/h2-3,5,7,12H,4,6,8H2,1H3,(H,15,17,18)/t12-/m1/s1. The van der Waals surface area contributed by atoms with Crippen LogP contribution in [-0.4, -0.2) is 16.1 Å². The van der Waals surface area contributed by atoms with Gasteiger partial charge in [0.2, 0.25) is 11.0 Å². The molecule has 1 aromatic carbocycles. The molecule has 5 heteroatoms. The Morgan fingerprint density at radius 1 is 1.37 bits per heavy atom. The first-order valence-electron chi connectivity index (χ1n) is 6.43. The number of carbonyl (C=O) groups excluding carboxylic acids is 1. The summed E-state index contributed by atoms with van der Waals surface area (Å²) in [5, 5.41) is 12.2. The molecule has 98 valence electrons. The van der Waals surface area contributed by atoms with E-state index in [4.69, 9.17) is 0 Å². The molecule has 0 bridgehead atoms. The van der Waals surface area contributed by atoms with Crippen LogP contribution in [0.5, 0.6) is 0 Å². The number of nitrogens with zero attached hydrogens (tertiary/aromatic N) is 2. The van der Waals surface area contributed by atoms with Crippen LogP contribution in [0.1, 0.15) is 34.9 Å². The fraction of sp³-hybridized carbons (Fsp3) is 0.357. The van der Waals surface area contributed by atoms with Crippen molar-refractivity contribution in [2.75, 3.05) is 5.32 Å². The van der Waals surface area contributed by atoms with Gasteiger partial charge in [-0.1, -0.05) is 35.6 Å². The molecule has 2 aromatic rings. The number of aromatic nitrogens is 2. The summed E-state index contributed by atoms with van der Waals surface area (Å²) in [6.45, 7) is 1.88. The van der Waals surface area contributed by atoms with Crippen LogP contribution in [0.3, 0.4) is 0 Å². The lowest BCUT2D eigenvalue weighted by Crippen LogP contribution is -2.24. The maximum Gasteiger partial charge on any atom is 0.233 e. The van der Waals surface area contributed by atoms with E-state index in [-0.39, 0.29) is 11.8 Å². The number of carbonyl (C=O) groups is 1. The van der Waals surface area contributed by atoms with Gasteiger partial charge in [-0.25, -0.2) is 0 Å². The molecule has 1 aliphatic rings. The second-order valence-corrected chi connectivity index (χ2v) is 5.94. The zero-order chi connectivity index (χ0) is 13.2. The predicted molar refractivity (Wildman–Crippen MR) is 75.4 cm³/mol. The molecule has 0 unspecified atom stereocenters. The van der Waals surface area contributed by atoms with Crippen molar-refractivity contribution in [2.45, 2.75) is 32.1 Å². The van der Waals surface area contributed by atoms with Crippen LogP contribution in [0, 0.1) is 6.92 Å². The number of benzene rings is 1. The molecule has 1 atom stereocenters. The number of anilines is 1. The minimum absolute atomic E-state index is 0.0308. The third-order valence-electron chi connectivity index (χ3n) is 3.44. The van der Waals surface area contributed by atoms with E-state index < -0.39 is 0 Å². The molecule has 0 saturated heterocycles. The molecule has 0 radical (unpaired) electrons. The Labute approximate surface area is 115 Å². The van der Waals surface area contributed by atoms with Gasteiger partial charge in [0.05, 0.1) is 5.92 Å². The van der Waals surface area contributed by atoms with E-state index in [0.29, 0.717) is 5.13 Å². The van der Waals surface area contributed by atoms with Crippen LogP contribution in [0.25, 0.3) is 0 Å². The minimum Gasteiger partial charge on any atom is -0.300 e. The highest BCUT2D eigenvalue weighted by Crippen LogP contribution is 2.32. The minimum atomic E-state index is -0.0610. The summed E-state index contributed by atoms with van der Waals surface area (Å²) in [5.74, 6) is -0.0301. The number of amides is 1. The highest BCUT2D eigenvalue weighted by atomic mass is 32.1. The number of hydrogen-bond acceptors (Lipinski definition) is 4. The summed E-state index contributed by atoms with van der Waals surface area (Å²) in [6.07, 6.45) is 3.03. The van der Waals surface area contributed by atoms with Gasteiger partial charge in [0, 0.05) is 0 Å². The third-order valence-corrected chi connectivity index (χ3v) is 4.20. The lowest BCUT2D eigenvalue weighted by molar-refractivity contribution is -0.117. The predicted octanol–water partition coefficient (Wildman–Crippen LogP) is 2.91. The second-order valence-electron chi connectivity index (χ2n) is 4.76. The maximum atomic E-state index is 12.4. The summed E-state index contributed by atoms with van der Waals surface area (Å²) in [7, 11) is 0. The van der Waals surface area contributed by atoms with Crippen molar-refractivity contribution in [1.82, 2.24) is 10.2 Å². The van der Waals surface area contributed by atoms with Crippen LogP contribution < -0.4 is 5.32 Å². The molecule has 1 aromatic heterocycles.